The highest BCUT2D eigenvalue weighted by Crippen LogP contribution is 2.30. The van der Waals surface area contributed by atoms with E-state index in [1.165, 1.54) is 10.9 Å². The Morgan fingerprint density at radius 3 is 2.55 bits per heavy atom. The summed E-state index contributed by atoms with van der Waals surface area (Å²) in [5.41, 5.74) is 3.83. The van der Waals surface area contributed by atoms with Crippen LogP contribution in [0.4, 0.5) is 0 Å². The first-order chi connectivity index (χ1) is 9.39. The third-order valence-corrected chi connectivity index (χ3v) is 3.52. The average Bonchev–Trinajstić information content (AvgIpc) is 2.36. The molecule has 2 aromatic rings. The Hall–Kier alpha value is -1.41. The smallest absolute Gasteiger partial charge is 0.0705 e. The molecule has 1 N–H and O–H groups in total. The molecular weight excluding hydrogens is 244 g/mol. The molecule has 0 saturated heterocycles. The van der Waals surface area contributed by atoms with Crippen LogP contribution in [0, 0.1) is 12.3 Å². The maximum absolute atomic E-state index is 4.58. The van der Waals surface area contributed by atoms with Crippen molar-refractivity contribution >= 4 is 10.9 Å². The number of nitrogens with one attached hydrogen (secondary N) is 1. The maximum Gasteiger partial charge on any atom is 0.0705 e. The fraction of sp³-hybridized carbons (Fsp3) is 0.500. The molecule has 1 atom stereocenters. The van der Waals surface area contributed by atoms with E-state index in [-0.39, 0.29) is 0 Å². The third-order valence-electron chi connectivity index (χ3n) is 3.52. The van der Waals surface area contributed by atoms with Gasteiger partial charge in [-0.2, -0.15) is 0 Å². The Labute approximate surface area is 122 Å². The fourth-order valence-electron chi connectivity index (χ4n) is 2.63. The molecular formula is C18H26N2. The minimum Gasteiger partial charge on any atom is -0.310 e. The molecule has 2 heteroatoms. The highest BCUT2D eigenvalue weighted by atomic mass is 14.9. The lowest BCUT2D eigenvalue weighted by atomic mass is 9.85. The number of hydrogen-bond acceptors (Lipinski definition) is 2. The summed E-state index contributed by atoms with van der Waals surface area (Å²) >= 11 is 0. The number of pyridine rings is 1. The Kier molecular flexibility index (Phi) is 4.44. The summed E-state index contributed by atoms with van der Waals surface area (Å²) in [4.78, 5) is 4.58. The van der Waals surface area contributed by atoms with Gasteiger partial charge in [-0.25, -0.2) is 0 Å². The molecule has 1 unspecified atom stereocenters. The summed E-state index contributed by atoms with van der Waals surface area (Å²) in [5.74, 6) is 0. The van der Waals surface area contributed by atoms with E-state index < -0.39 is 0 Å². The summed E-state index contributed by atoms with van der Waals surface area (Å²) in [5, 5.41) is 4.84. The van der Waals surface area contributed by atoms with Crippen LogP contribution in [0.1, 0.15) is 51.4 Å². The molecule has 2 rings (SSSR count). The van der Waals surface area contributed by atoms with Crippen LogP contribution in [0.25, 0.3) is 10.9 Å². The molecule has 20 heavy (non-hydrogen) atoms. The molecule has 1 heterocycles. The van der Waals surface area contributed by atoms with E-state index in [0.717, 1.165) is 24.2 Å². The van der Waals surface area contributed by atoms with Gasteiger partial charge in [-0.3, -0.25) is 4.98 Å². The van der Waals surface area contributed by atoms with Crippen LogP contribution in [-0.4, -0.2) is 11.5 Å². The van der Waals surface area contributed by atoms with Crippen LogP contribution in [-0.2, 0) is 0 Å². The van der Waals surface area contributed by atoms with Crippen LogP contribution in [0.15, 0.2) is 30.3 Å². The summed E-state index contributed by atoms with van der Waals surface area (Å²) in [6, 6.07) is 11.3. The molecule has 0 fully saturated rings. The van der Waals surface area contributed by atoms with E-state index in [0.29, 0.717) is 11.5 Å². The normalized spacial score (nSPS) is 13.7. The third kappa shape index (κ3) is 3.80. The van der Waals surface area contributed by atoms with E-state index in [2.05, 4.69) is 68.3 Å². The molecule has 2 nitrogen and oxygen atoms in total. The predicted molar refractivity (Wildman–Crippen MR) is 87.0 cm³/mol. The molecule has 0 aliphatic rings. The van der Waals surface area contributed by atoms with Gasteiger partial charge in [-0.15, -0.1) is 0 Å². The van der Waals surface area contributed by atoms with Gasteiger partial charge in [0.15, 0.2) is 0 Å². The van der Waals surface area contributed by atoms with E-state index in [4.69, 9.17) is 0 Å². The molecule has 0 amide bonds. The van der Waals surface area contributed by atoms with Crippen molar-refractivity contribution in [2.45, 2.75) is 47.1 Å². The van der Waals surface area contributed by atoms with Crippen molar-refractivity contribution in [2.75, 3.05) is 6.54 Å². The summed E-state index contributed by atoms with van der Waals surface area (Å²) < 4.78 is 0. The van der Waals surface area contributed by atoms with Crippen molar-refractivity contribution < 1.29 is 0 Å². The number of rotatable bonds is 4. The number of benzene rings is 1. The zero-order valence-electron chi connectivity index (χ0n) is 13.3. The first-order valence-corrected chi connectivity index (χ1v) is 7.50. The largest absolute Gasteiger partial charge is 0.310 e. The molecule has 0 saturated carbocycles. The highest BCUT2D eigenvalue weighted by Gasteiger charge is 2.19. The van der Waals surface area contributed by atoms with Crippen molar-refractivity contribution in [1.82, 2.24) is 10.3 Å². The number of hydrogen-bond donors (Lipinski definition) is 1. The van der Waals surface area contributed by atoms with Gasteiger partial charge < -0.3 is 5.32 Å². The van der Waals surface area contributed by atoms with Crippen molar-refractivity contribution in [1.29, 1.82) is 0 Å². The second-order valence-electron chi connectivity index (χ2n) is 6.78. The summed E-state index contributed by atoms with van der Waals surface area (Å²) in [7, 11) is 0. The van der Waals surface area contributed by atoms with Gasteiger partial charge in [0, 0.05) is 17.1 Å². The zero-order chi connectivity index (χ0) is 14.8. The first kappa shape index (κ1) is 15.0. The van der Waals surface area contributed by atoms with Crippen molar-refractivity contribution in [2.24, 2.45) is 5.41 Å². The Morgan fingerprint density at radius 2 is 1.90 bits per heavy atom. The molecule has 0 aliphatic heterocycles. The SMILES string of the molecule is CCNC(CC(C)(C)C)c1ccc2nc(C)ccc2c1. The van der Waals surface area contributed by atoms with Gasteiger partial charge >= 0.3 is 0 Å². The summed E-state index contributed by atoms with van der Waals surface area (Å²) in [6.07, 6.45) is 1.13. The molecule has 0 spiro atoms. The molecule has 1 aromatic heterocycles. The standard InChI is InChI=1S/C18H26N2/c1-6-19-17(12-18(3,4)5)15-9-10-16-14(11-15)8-7-13(2)20-16/h7-11,17,19H,6,12H2,1-5H3. The van der Waals surface area contributed by atoms with E-state index >= 15 is 0 Å². The highest BCUT2D eigenvalue weighted by molar-refractivity contribution is 5.79. The van der Waals surface area contributed by atoms with Crippen LogP contribution in [0.2, 0.25) is 0 Å². The lowest BCUT2D eigenvalue weighted by Gasteiger charge is -2.27. The van der Waals surface area contributed by atoms with Crippen LogP contribution < -0.4 is 5.32 Å². The van der Waals surface area contributed by atoms with E-state index in [1.54, 1.807) is 0 Å². The van der Waals surface area contributed by atoms with Gasteiger partial charge in [-0.05, 0) is 49.1 Å². The van der Waals surface area contributed by atoms with Gasteiger partial charge in [0.1, 0.15) is 0 Å². The predicted octanol–water partition coefficient (Wildman–Crippen LogP) is 4.63. The summed E-state index contributed by atoms with van der Waals surface area (Å²) in [6.45, 7) is 12.1. The fourth-order valence-corrected chi connectivity index (χ4v) is 2.63. The molecule has 0 aliphatic carbocycles. The van der Waals surface area contributed by atoms with Crippen molar-refractivity contribution in [3.63, 3.8) is 0 Å². The van der Waals surface area contributed by atoms with Gasteiger partial charge in [0.25, 0.3) is 0 Å². The number of aromatic nitrogens is 1. The molecule has 0 bridgehead atoms. The second-order valence-corrected chi connectivity index (χ2v) is 6.78. The number of aryl methyl sites for hydroxylation is 1. The average molecular weight is 270 g/mol. The number of fused-ring (bicyclic) bond motifs is 1. The van der Waals surface area contributed by atoms with Crippen molar-refractivity contribution in [3.05, 3.63) is 41.6 Å². The Morgan fingerprint density at radius 1 is 1.15 bits per heavy atom. The minimum atomic E-state index is 0.313. The molecule has 0 radical (unpaired) electrons. The lowest BCUT2D eigenvalue weighted by molar-refractivity contribution is 0.314. The van der Waals surface area contributed by atoms with Crippen LogP contribution in [0.3, 0.4) is 0 Å². The lowest BCUT2D eigenvalue weighted by Crippen LogP contribution is -2.25. The van der Waals surface area contributed by atoms with Gasteiger partial charge in [-0.1, -0.05) is 39.8 Å². The Balaban J connectivity index is 2.35. The number of nitrogens with zero attached hydrogens (tertiary/aromatic N) is 1. The first-order valence-electron chi connectivity index (χ1n) is 7.50. The topological polar surface area (TPSA) is 24.9 Å². The maximum atomic E-state index is 4.58. The Bertz CT molecular complexity index is 581. The van der Waals surface area contributed by atoms with E-state index in [1.807, 2.05) is 6.92 Å². The molecule has 1 aromatic carbocycles. The minimum absolute atomic E-state index is 0.313. The van der Waals surface area contributed by atoms with Gasteiger partial charge in [0.05, 0.1) is 5.52 Å². The second kappa shape index (κ2) is 5.92. The van der Waals surface area contributed by atoms with Crippen LogP contribution in [0.5, 0.6) is 0 Å². The molecule has 108 valence electrons. The van der Waals surface area contributed by atoms with Crippen LogP contribution >= 0.6 is 0 Å². The van der Waals surface area contributed by atoms with Gasteiger partial charge in [0.2, 0.25) is 0 Å². The monoisotopic (exact) mass is 270 g/mol. The zero-order valence-corrected chi connectivity index (χ0v) is 13.3. The quantitative estimate of drug-likeness (QED) is 0.876. The van der Waals surface area contributed by atoms with E-state index in [9.17, 15) is 0 Å². The van der Waals surface area contributed by atoms with Crippen molar-refractivity contribution in [3.8, 4) is 0 Å².